The lowest BCUT2D eigenvalue weighted by Gasteiger charge is -2.25. The Morgan fingerprint density at radius 3 is 2.24 bits per heavy atom. The van der Waals surface area contributed by atoms with E-state index in [1.807, 2.05) is 13.1 Å². The zero-order valence-corrected chi connectivity index (χ0v) is 15.2. The van der Waals surface area contributed by atoms with Gasteiger partial charge in [-0.2, -0.15) is 5.10 Å². The molecule has 0 saturated carbocycles. The number of rotatable bonds is 7. The van der Waals surface area contributed by atoms with Gasteiger partial charge in [0.1, 0.15) is 5.82 Å². The predicted molar refractivity (Wildman–Crippen MR) is 104 cm³/mol. The molecule has 4 nitrogen and oxygen atoms in total. The summed E-state index contributed by atoms with van der Waals surface area (Å²) in [5, 5.41) is 8.14. The van der Waals surface area contributed by atoms with Crippen LogP contribution >= 0.6 is 0 Å². The smallest absolute Gasteiger partial charge is 0.137 e. The molecule has 3 aromatic rings. The molecule has 0 radical (unpaired) electrons. The highest BCUT2D eigenvalue weighted by Gasteiger charge is 2.20. The Kier molecular flexibility index (Phi) is 5.51. The third-order valence-corrected chi connectivity index (χ3v) is 4.41. The monoisotopic (exact) mass is 334 g/mol. The van der Waals surface area contributed by atoms with E-state index in [1.165, 1.54) is 16.9 Å². The van der Waals surface area contributed by atoms with Crippen LogP contribution in [-0.2, 0) is 13.1 Å². The van der Waals surface area contributed by atoms with Crippen LogP contribution in [0.1, 0.15) is 23.7 Å². The summed E-state index contributed by atoms with van der Waals surface area (Å²) in [6.07, 6.45) is 0. The standard InChI is InChI=1S/C21H26N4/c1-4-24(16-18-11-7-5-8-12-18)21-20(15-22-3)17(2)23-25(21)19-13-9-6-10-14-19/h5-14,22H,4,15-16H2,1-3H3. The van der Waals surface area contributed by atoms with Crippen molar-refractivity contribution >= 4 is 5.82 Å². The van der Waals surface area contributed by atoms with Gasteiger partial charge in [0.2, 0.25) is 0 Å². The maximum atomic E-state index is 4.84. The number of para-hydroxylation sites is 1. The molecule has 4 heteroatoms. The van der Waals surface area contributed by atoms with Crippen molar-refractivity contribution in [3.63, 3.8) is 0 Å². The number of aryl methyl sites for hydroxylation is 1. The van der Waals surface area contributed by atoms with Gasteiger partial charge in [0.25, 0.3) is 0 Å². The third kappa shape index (κ3) is 3.74. The molecular weight excluding hydrogens is 308 g/mol. The lowest BCUT2D eigenvalue weighted by Crippen LogP contribution is -2.26. The molecule has 0 fully saturated rings. The molecule has 130 valence electrons. The number of hydrogen-bond acceptors (Lipinski definition) is 3. The summed E-state index contributed by atoms with van der Waals surface area (Å²) >= 11 is 0. The van der Waals surface area contributed by atoms with Gasteiger partial charge in [-0.25, -0.2) is 4.68 Å². The molecule has 1 N–H and O–H groups in total. The molecule has 25 heavy (non-hydrogen) atoms. The van der Waals surface area contributed by atoms with Gasteiger partial charge in [0, 0.05) is 25.2 Å². The zero-order chi connectivity index (χ0) is 17.6. The molecule has 1 heterocycles. The Morgan fingerprint density at radius 2 is 1.64 bits per heavy atom. The second kappa shape index (κ2) is 7.99. The second-order valence-electron chi connectivity index (χ2n) is 6.17. The molecule has 0 aliphatic carbocycles. The van der Waals surface area contributed by atoms with Crippen molar-refractivity contribution in [3.8, 4) is 5.69 Å². The third-order valence-electron chi connectivity index (χ3n) is 4.41. The van der Waals surface area contributed by atoms with Gasteiger partial charge in [-0.1, -0.05) is 48.5 Å². The van der Waals surface area contributed by atoms with E-state index in [4.69, 9.17) is 5.10 Å². The molecule has 1 aromatic heterocycles. The molecule has 3 rings (SSSR count). The quantitative estimate of drug-likeness (QED) is 0.711. The van der Waals surface area contributed by atoms with Crippen molar-refractivity contribution in [2.45, 2.75) is 26.9 Å². The van der Waals surface area contributed by atoms with Crippen molar-refractivity contribution < 1.29 is 0 Å². The lowest BCUT2D eigenvalue weighted by atomic mass is 10.2. The average Bonchev–Trinajstić information content (AvgIpc) is 2.98. The molecule has 2 aromatic carbocycles. The highest BCUT2D eigenvalue weighted by molar-refractivity contribution is 5.55. The molecule has 0 spiro atoms. The van der Waals surface area contributed by atoms with Crippen molar-refractivity contribution in [2.75, 3.05) is 18.5 Å². The van der Waals surface area contributed by atoms with Crippen LogP contribution in [0.5, 0.6) is 0 Å². The minimum absolute atomic E-state index is 0.805. The van der Waals surface area contributed by atoms with Crippen LogP contribution in [0.2, 0.25) is 0 Å². The van der Waals surface area contributed by atoms with Crippen molar-refractivity contribution in [1.82, 2.24) is 15.1 Å². The molecular formula is C21H26N4. The summed E-state index contributed by atoms with van der Waals surface area (Å²) in [4.78, 5) is 2.40. The first kappa shape index (κ1) is 17.2. The van der Waals surface area contributed by atoms with Gasteiger partial charge in [-0.05, 0) is 38.6 Å². The minimum Gasteiger partial charge on any atom is -0.352 e. The van der Waals surface area contributed by atoms with Crippen molar-refractivity contribution in [3.05, 3.63) is 77.5 Å². The summed E-state index contributed by atoms with van der Waals surface area (Å²) < 4.78 is 2.08. The van der Waals surface area contributed by atoms with E-state index in [1.54, 1.807) is 0 Å². The van der Waals surface area contributed by atoms with E-state index in [2.05, 4.69) is 83.3 Å². The van der Waals surface area contributed by atoms with E-state index in [0.29, 0.717) is 0 Å². The molecule has 0 aliphatic rings. The van der Waals surface area contributed by atoms with E-state index < -0.39 is 0 Å². The Hall–Kier alpha value is -2.59. The molecule has 0 amide bonds. The van der Waals surface area contributed by atoms with Gasteiger partial charge in [-0.3, -0.25) is 0 Å². The predicted octanol–water partition coefficient (Wildman–Crippen LogP) is 3.93. The molecule has 0 unspecified atom stereocenters. The molecule has 0 saturated heterocycles. The maximum Gasteiger partial charge on any atom is 0.137 e. The largest absolute Gasteiger partial charge is 0.352 e. The number of nitrogens with one attached hydrogen (secondary N) is 1. The van der Waals surface area contributed by atoms with Gasteiger partial charge in [0.15, 0.2) is 0 Å². The Morgan fingerprint density at radius 1 is 1.00 bits per heavy atom. The average molecular weight is 334 g/mol. The zero-order valence-electron chi connectivity index (χ0n) is 15.2. The Balaban J connectivity index is 2.07. The van der Waals surface area contributed by atoms with E-state index in [-0.39, 0.29) is 0 Å². The Bertz CT molecular complexity index is 794. The van der Waals surface area contributed by atoms with Crippen LogP contribution in [0.25, 0.3) is 5.69 Å². The number of hydrogen-bond donors (Lipinski definition) is 1. The van der Waals surface area contributed by atoms with Crippen LogP contribution in [0, 0.1) is 6.92 Å². The van der Waals surface area contributed by atoms with Gasteiger partial charge < -0.3 is 10.2 Å². The van der Waals surface area contributed by atoms with E-state index in [0.717, 1.165) is 31.0 Å². The maximum absolute atomic E-state index is 4.84. The Labute approximate surface area is 150 Å². The van der Waals surface area contributed by atoms with Crippen molar-refractivity contribution in [2.24, 2.45) is 0 Å². The SMILES string of the molecule is CCN(Cc1ccccc1)c1c(CNC)c(C)nn1-c1ccccc1. The number of benzene rings is 2. The fourth-order valence-electron chi connectivity index (χ4n) is 3.15. The number of aromatic nitrogens is 2. The van der Waals surface area contributed by atoms with Crippen LogP contribution in [-0.4, -0.2) is 23.4 Å². The van der Waals surface area contributed by atoms with E-state index >= 15 is 0 Å². The summed E-state index contributed by atoms with van der Waals surface area (Å²) in [7, 11) is 1.98. The summed E-state index contributed by atoms with van der Waals surface area (Å²) in [6.45, 7) is 6.88. The normalized spacial score (nSPS) is 10.8. The topological polar surface area (TPSA) is 33.1 Å². The summed E-state index contributed by atoms with van der Waals surface area (Å²) in [6, 6.07) is 21.0. The molecule has 0 atom stereocenters. The van der Waals surface area contributed by atoms with Crippen LogP contribution < -0.4 is 10.2 Å². The van der Waals surface area contributed by atoms with Crippen LogP contribution in [0.15, 0.2) is 60.7 Å². The van der Waals surface area contributed by atoms with E-state index in [9.17, 15) is 0 Å². The van der Waals surface area contributed by atoms with Gasteiger partial charge in [0.05, 0.1) is 11.4 Å². The first-order valence-electron chi connectivity index (χ1n) is 8.82. The molecule has 0 aliphatic heterocycles. The highest BCUT2D eigenvalue weighted by Crippen LogP contribution is 2.28. The minimum atomic E-state index is 0.805. The van der Waals surface area contributed by atoms with Gasteiger partial charge in [-0.15, -0.1) is 0 Å². The second-order valence-corrected chi connectivity index (χ2v) is 6.17. The lowest BCUT2D eigenvalue weighted by molar-refractivity contribution is 0.748. The first-order valence-corrected chi connectivity index (χ1v) is 8.82. The van der Waals surface area contributed by atoms with Crippen LogP contribution in [0.4, 0.5) is 5.82 Å². The molecule has 0 bridgehead atoms. The fraction of sp³-hybridized carbons (Fsp3) is 0.286. The van der Waals surface area contributed by atoms with Crippen LogP contribution in [0.3, 0.4) is 0 Å². The van der Waals surface area contributed by atoms with Gasteiger partial charge >= 0.3 is 0 Å². The fourth-order valence-corrected chi connectivity index (χ4v) is 3.15. The number of nitrogens with zero attached hydrogens (tertiary/aromatic N) is 3. The highest BCUT2D eigenvalue weighted by atomic mass is 15.4. The van der Waals surface area contributed by atoms with Crippen molar-refractivity contribution in [1.29, 1.82) is 0 Å². The summed E-state index contributed by atoms with van der Waals surface area (Å²) in [5.41, 5.74) is 4.72. The summed E-state index contributed by atoms with van der Waals surface area (Å²) in [5.74, 6) is 1.17. The first-order chi connectivity index (χ1) is 12.2. The number of anilines is 1.